The van der Waals surface area contributed by atoms with Crippen LogP contribution >= 0.6 is 23.2 Å². The maximum Gasteiger partial charge on any atom is 0.253 e. The molecule has 0 saturated heterocycles. The third-order valence-electron chi connectivity index (χ3n) is 4.44. The summed E-state index contributed by atoms with van der Waals surface area (Å²) in [6, 6.07) is 8.09. The Kier molecular flexibility index (Phi) is 6.43. The van der Waals surface area contributed by atoms with E-state index in [-0.39, 0.29) is 17.3 Å². The number of benzene rings is 1. The van der Waals surface area contributed by atoms with E-state index in [0.29, 0.717) is 34.4 Å². The number of nitrogens with zero attached hydrogens (tertiary/aromatic N) is 1. The van der Waals surface area contributed by atoms with Crippen LogP contribution in [0.15, 0.2) is 52.3 Å². The van der Waals surface area contributed by atoms with Gasteiger partial charge in [-0.15, -0.1) is 0 Å². The maximum atomic E-state index is 12.4. The highest BCUT2D eigenvalue weighted by Gasteiger charge is 2.25. The molecule has 7 nitrogen and oxygen atoms in total. The van der Waals surface area contributed by atoms with Gasteiger partial charge in [0.25, 0.3) is 16.8 Å². The Balaban J connectivity index is 1.60. The van der Waals surface area contributed by atoms with Gasteiger partial charge in [-0.2, -0.15) is 0 Å². The number of nitrogens with one attached hydrogen (secondary N) is 3. The quantitative estimate of drug-likeness (QED) is 0.457. The third kappa shape index (κ3) is 5.17. The number of carbonyl (C=O) groups excluding carboxylic acids is 1. The van der Waals surface area contributed by atoms with Gasteiger partial charge in [0, 0.05) is 34.9 Å². The lowest BCUT2D eigenvalue weighted by Crippen LogP contribution is -2.42. The van der Waals surface area contributed by atoms with E-state index in [0.717, 1.165) is 0 Å². The summed E-state index contributed by atoms with van der Waals surface area (Å²) in [6.45, 7) is 4.52. The Labute approximate surface area is 183 Å². The van der Waals surface area contributed by atoms with Crippen molar-refractivity contribution in [2.75, 3.05) is 23.7 Å². The summed E-state index contributed by atoms with van der Waals surface area (Å²) >= 11 is 11.9. The van der Waals surface area contributed by atoms with Gasteiger partial charge in [0.15, 0.2) is 0 Å². The van der Waals surface area contributed by atoms with Crippen LogP contribution in [0.5, 0.6) is 0 Å². The van der Waals surface area contributed by atoms with Gasteiger partial charge in [0.2, 0.25) is 0 Å². The molecule has 1 heterocycles. The molecule has 2 aromatic carbocycles. The predicted octanol–water partition coefficient (Wildman–Crippen LogP) is 3.60. The van der Waals surface area contributed by atoms with E-state index >= 15 is 0 Å². The molecule has 3 N–H and O–H groups in total. The molecule has 0 bridgehead atoms. The number of hydrogen-bond donors (Lipinski definition) is 3. The number of aromatic nitrogens is 1. The average molecular weight is 447 g/mol. The van der Waals surface area contributed by atoms with Crippen LogP contribution in [0.25, 0.3) is 0 Å². The number of carbonyl (C=O) groups is 1. The van der Waals surface area contributed by atoms with Crippen LogP contribution in [0, 0.1) is 5.41 Å². The summed E-state index contributed by atoms with van der Waals surface area (Å²) < 4.78 is 0. The second-order valence-corrected chi connectivity index (χ2v) is 8.51. The largest absolute Gasteiger partial charge is 0.379 e. The summed E-state index contributed by atoms with van der Waals surface area (Å²) in [5.41, 5.74) is -0.156. The second kappa shape index (κ2) is 8.85. The number of anilines is 3. The first-order valence-corrected chi connectivity index (χ1v) is 9.90. The predicted molar refractivity (Wildman–Crippen MR) is 120 cm³/mol. The van der Waals surface area contributed by atoms with Gasteiger partial charge in [0.05, 0.1) is 11.9 Å². The summed E-state index contributed by atoms with van der Waals surface area (Å²) in [5, 5.41) is 9.53. The molecule has 0 spiro atoms. The van der Waals surface area contributed by atoms with Crippen molar-refractivity contribution in [2.24, 2.45) is 5.41 Å². The second-order valence-electron chi connectivity index (χ2n) is 7.63. The fourth-order valence-electron chi connectivity index (χ4n) is 2.76. The summed E-state index contributed by atoms with van der Waals surface area (Å²) in [7, 11) is 0. The van der Waals surface area contributed by atoms with E-state index in [4.69, 9.17) is 23.2 Å². The zero-order valence-corrected chi connectivity index (χ0v) is 17.9. The smallest absolute Gasteiger partial charge is 0.253 e. The van der Waals surface area contributed by atoms with Crippen molar-refractivity contribution in [1.82, 2.24) is 10.3 Å². The van der Waals surface area contributed by atoms with Crippen molar-refractivity contribution in [3.63, 3.8) is 0 Å². The molecular weight excluding hydrogens is 427 g/mol. The minimum Gasteiger partial charge on any atom is -0.379 e. The molecule has 0 aliphatic carbocycles. The van der Waals surface area contributed by atoms with E-state index in [1.165, 1.54) is 12.1 Å². The lowest BCUT2D eigenvalue weighted by Gasteiger charge is -2.27. The Morgan fingerprint density at radius 3 is 2.33 bits per heavy atom. The molecule has 9 heteroatoms. The monoisotopic (exact) mass is 446 g/mol. The summed E-state index contributed by atoms with van der Waals surface area (Å²) in [5.74, 6) is -0.305. The van der Waals surface area contributed by atoms with Gasteiger partial charge in [-0.25, -0.2) is 0 Å². The van der Waals surface area contributed by atoms with Crippen molar-refractivity contribution in [2.45, 2.75) is 13.8 Å². The van der Waals surface area contributed by atoms with Crippen LogP contribution < -0.4 is 26.8 Å². The van der Waals surface area contributed by atoms with Gasteiger partial charge < -0.3 is 16.0 Å². The van der Waals surface area contributed by atoms with Crippen molar-refractivity contribution in [1.29, 1.82) is 0 Å². The fourth-order valence-corrected chi connectivity index (χ4v) is 3.28. The molecule has 3 aromatic rings. The first kappa shape index (κ1) is 21.8. The minimum atomic E-state index is -0.578. The van der Waals surface area contributed by atoms with Crippen LogP contribution in [-0.4, -0.2) is 24.0 Å². The zero-order chi connectivity index (χ0) is 21.9. The summed E-state index contributed by atoms with van der Waals surface area (Å²) in [6.07, 6.45) is 3.17. The van der Waals surface area contributed by atoms with E-state index in [9.17, 15) is 14.4 Å². The molecule has 0 saturated carbocycles. The molecule has 0 atom stereocenters. The van der Waals surface area contributed by atoms with Crippen LogP contribution in [0.1, 0.15) is 24.2 Å². The molecule has 0 radical (unpaired) electrons. The molecule has 156 valence electrons. The molecule has 1 aromatic heterocycles. The minimum absolute atomic E-state index is 0.210. The lowest BCUT2D eigenvalue weighted by molar-refractivity contribution is 0.0938. The number of rotatable bonds is 8. The van der Waals surface area contributed by atoms with E-state index in [2.05, 4.69) is 20.9 Å². The van der Waals surface area contributed by atoms with Gasteiger partial charge in [-0.3, -0.25) is 19.4 Å². The van der Waals surface area contributed by atoms with E-state index in [1.807, 2.05) is 13.8 Å². The highest BCUT2D eigenvalue weighted by Crippen LogP contribution is 2.23. The number of pyridine rings is 1. The topological polar surface area (TPSA) is 100 Å². The standard InChI is InChI=1S/C21H20Cl2N4O3/c1-21(2,11-26-20(30)12-6-13(22)8-14(23)7-12)10-25-16-17(19(29)18(16)28)27-15-4-3-5-24-9-15/h3-9,25,27H,10-11H2,1-2H3,(H,26,30). The number of halogens is 2. The molecule has 0 unspecified atom stereocenters. The first-order valence-electron chi connectivity index (χ1n) is 9.15. The van der Waals surface area contributed by atoms with Gasteiger partial charge in [-0.05, 0) is 35.7 Å². The van der Waals surface area contributed by atoms with Crippen LogP contribution in [0.3, 0.4) is 0 Å². The Hall–Kier alpha value is -2.90. The molecule has 1 amide bonds. The van der Waals surface area contributed by atoms with Gasteiger partial charge in [-0.1, -0.05) is 37.0 Å². The summed E-state index contributed by atoms with van der Waals surface area (Å²) in [4.78, 5) is 40.2. The molecule has 30 heavy (non-hydrogen) atoms. The Bertz CT molecular complexity index is 1120. The fraction of sp³-hybridized carbons (Fsp3) is 0.238. The van der Waals surface area contributed by atoms with E-state index < -0.39 is 16.3 Å². The number of hydrogen-bond acceptors (Lipinski definition) is 6. The molecule has 0 fully saturated rings. The van der Waals surface area contributed by atoms with Crippen molar-refractivity contribution in [3.05, 3.63) is 78.8 Å². The molecule has 3 rings (SSSR count). The normalized spacial score (nSPS) is 11.3. The van der Waals surface area contributed by atoms with Gasteiger partial charge >= 0.3 is 0 Å². The highest BCUT2D eigenvalue weighted by molar-refractivity contribution is 6.35. The van der Waals surface area contributed by atoms with Gasteiger partial charge in [0.1, 0.15) is 11.4 Å². The van der Waals surface area contributed by atoms with Crippen molar-refractivity contribution >= 4 is 46.2 Å². The Morgan fingerprint density at radius 2 is 1.70 bits per heavy atom. The van der Waals surface area contributed by atoms with Crippen LogP contribution in [0.4, 0.5) is 17.1 Å². The van der Waals surface area contributed by atoms with Crippen LogP contribution in [0.2, 0.25) is 10.0 Å². The lowest BCUT2D eigenvalue weighted by atomic mass is 9.93. The molecular formula is C21H20Cl2N4O3. The maximum absolute atomic E-state index is 12.4. The van der Waals surface area contributed by atoms with Crippen molar-refractivity contribution < 1.29 is 4.79 Å². The van der Waals surface area contributed by atoms with Crippen LogP contribution in [-0.2, 0) is 0 Å². The highest BCUT2D eigenvalue weighted by atomic mass is 35.5. The molecule has 0 aliphatic heterocycles. The molecule has 0 aliphatic rings. The first-order chi connectivity index (χ1) is 14.2. The third-order valence-corrected chi connectivity index (χ3v) is 4.87. The van der Waals surface area contributed by atoms with E-state index in [1.54, 1.807) is 30.6 Å². The Morgan fingerprint density at radius 1 is 1.03 bits per heavy atom. The zero-order valence-electron chi connectivity index (χ0n) is 16.4. The average Bonchev–Trinajstić information content (AvgIpc) is 2.71. The SMILES string of the molecule is CC(C)(CNC(=O)c1cc(Cl)cc(Cl)c1)CNc1c(Nc2cccnc2)c(=O)c1=O. The number of amides is 1. The van der Waals surface area contributed by atoms with Crippen molar-refractivity contribution in [3.8, 4) is 0 Å².